The van der Waals surface area contributed by atoms with Crippen molar-refractivity contribution < 1.29 is 4.74 Å². The molecular weight excluding hydrogens is 741 g/mol. The van der Waals surface area contributed by atoms with Crippen LogP contribution >= 0.6 is 0 Å². The first-order chi connectivity index (χ1) is 29.8. The molecule has 61 heavy (non-hydrogen) atoms. The van der Waals surface area contributed by atoms with Crippen molar-refractivity contribution in [2.24, 2.45) is 0 Å². The van der Waals surface area contributed by atoms with E-state index in [2.05, 4.69) is 232 Å². The molecule has 292 valence electrons. The Morgan fingerprint density at radius 2 is 0.820 bits per heavy atom. The Morgan fingerprint density at radius 1 is 0.344 bits per heavy atom. The predicted molar refractivity (Wildman–Crippen MR) is 254 cm³/mol. The molecule has 0 fully saturated rings. The van der Waals surface area contributed by atoms with Gasteiger partial charge in [0.2, 0.25) is 0 Å². The number of anilines is 6. The maximum absolute atomic E-state index is 7.37. The quantitative estimate of drug-likeness (QED) is 0.167. The van der Waals surface area contributed by atoms with Gasteiger partial charge in [-0.1, -0.05) is 149 Å². The highest BCUT2D eigenvalue weighted by atomic mass is 16.5. The second-order valence-electron chi connectivity index (χ2n) is 17.7. The third kappa shape index (κ3) is 5.23. The first-order valence-corrected chi connectivity index (χ1v) is 21.3. The molecule has 3 heteroatoms. The number of para-hydroxylation sites is 2. The standard InChI is InChI=1S/C58H44N2O/c1-57(2)49-24-13-11-21-43(49)45-30-27-40(34-51(45)57)60(41-28-31-46-44-22-12-14-25-50(44)58(3,4)52(46)35-41)53-33-26-37-16-15-23-48-47-32-29-42(36-54(47)61-56(53)55(37)48)59(38-17-7-5-8-18-38)39-19-9-6-10-20-39/h5-36H,1-4H3. The molecule has 0 unspecified atom stereocenters. The van der Waals surface area contributed by atoms with E-state index >= 15 is 0 Å². The lowest BCUT2D eigenvalue weighted by molar-refractivity contribution is 0.488. The summed E-state index contributed by atoms with van der Waals surface area (Å²) in [4.78, 5) is 4.74. The van der Waals surface area contributed by atoms with Gasteiger partial charge in [0, 0.05) is 56.3 Å². The lowest BCUT2D eigenvalue weighted by atomic mass is 9.82. The summed E-state index contributed by atoms with van der Waals surface area (Å²) in [7, 11) is 0. The molecule has 0 aromatic heterocycles. The van der Waals surface area contributed by atoms with Crippen molar-refractivity contribution in [3.63, 3.8) is 0 Å². The molecule has 0 bridgehead atoms. The minimum atomic E-state index is -0.158. The zero-order chi connectivity index (χ0) is 41.0. The summed E-state index contributed by atoms with van der Waals surface area (Å²) in [6, 6.07) is 70.8. The van der Waals surface area contributed by atoms with Gasteiger partial charge in [-0.05, 0) is 122 Å². The Bertz CT molecular complexity index is 3090. The SMILES string of the molecule is CC1(C)c2ccccc2-c2ccc(N(c3ccc4c(c3)C(C)(C)c3ccccc3-4)c3ccc4cccc5c4c3Oc3cc(N(c4ccccc4)c4ccccc4)ccc3-5)cc21. The van der Waals surface area contributed by atoms with Crippen LogP contribution in [0.2, 0.25) is 0 Å². The number of hydrogen-bond acceptors (Lipinski definition) is 3. The van der Waals surface area contributed by atoms with Gasteiger partial charge in [-0.3, -0.25) is 0 Å². The van der Waals surface area contributed by atoms with Crippen molar-refractivity contribution in [2.75, 3.05) is 9.80 Å². The number of ether oxygens (including phenoxy) is 1. The Kier molecular flexibility index (Phi) is 7.62. The van der Waals surface area contributed by atoms with Crippen molar-refractivity contribution in [2.45, 2.75) is 38.5 Å². The van der Waals surface area contributed by atoms with Crippen LogP contribution in [0.5, 0.6) is 11.5 Å². The first-order valence-electron chi connectivity index (χ1n) is 21.3. The number of fused-ring (bicyclic) bond motifs is 8. The first kappa shape index (κ1) is 35.6. The molecule has 3 aliphatic rings. The molecular formula is C58H44N2O. The van der Waals surface area contributed by atoms with Crippen LogP contribution in [0.4, 0.5) is 34.1 Å². The molecule has 9 aromatic rings. The lowest BCUT2D eigenvalue weighted by Gasteiger charge is -2.33. The van der Waals surface area contributed by atoms with Gasteiger partial charge >= 0.3 is 0 Å². The second kappa shape index (κ2) is 13.1. The summed E-state index contributed by atoms with van der Waals surface area (Å²) < 4.78 is 7.37. The van der Waals surface area contributed by atoms with Crippen LogP contribution < -0.4 is 14.5 Å². The molecule has 1 heterocycles. The van der Waals surface area contributed by atoms with Gasteiger partial charge in [-0.2, -0.15) is 0 Å². The minimum Gasteiger partial charge on any atom is -0.454 e. The number of benzene rings is 9. The summed E-state index contributed by atoms with van der Waals surface area (Å²) in [5.41, 5.74) is 19.0. The number of nitrogens with zero attached hydrogens (tertiary/aromatic N) is 2. The zero-order valence-corrected chi connectivity index (χ0v) is 34.8. The van der Waals surface area contributed by atoms with E-state index in [0.717, 1.165) is 62.0 Å². The summed E-state index contributed by atoms with van der Waals surface area (Å²) in [5, 5.41) is 2.27. The Morgan fingerprint density at radius 3 is 1.39 bits per heavy atom. The third-order valence-corrected chi connectivity index (χ3v) is 13.6. The Balaban J connectivity index is 1.07. The molecule has 2 aliphatic carbocycles. The molecule has 0 radical (unpaired) electrons. The molecule has 3 nitrogen and oxygen atoms in total. The van der Waals surface area contributed by atoms with Crippen molar-refractivity contribution in [1.29, 1.82) is 0 Å². The topological polar surface area (TPSA) is 15.7 Å². The maximum Gasteiger partial charge on any atom is 0.159 e. The van der Waals surface area contributed by atoms with Gasteiger partial charge in [0.1, 0.15) is 5.75 Å². The van der Waals surface area contributed by atoms with Crippen LogP contribution in [0.15, 0.2) is 194 Å². The highest BCUT2D eigenvalue weighted by molar-refractivity contribution is 6.08. The van der Waals surface area contributed by atoms with E-state index in [-0.39, 0.29) is 10.8 Å². The Hall–Kier alpha value is -7.36. The van der Waals surface area contributed by atoms with Crippen molar-refractivity contribution in [3.05, 3.63) is 216 Å². The largest absolute Gasteiger partial charge is 0.454 e. The predicted octanol–water partition coefficient (Wildman–Crippen LogP) is 16.2. The van der Waals surface area contributed by atoms with Crippen LogP contribution in [-0.4, -0.2) is 0 Å². The number of hydrogen-bond donors (Lipinski definition) is 0. The molecule has 12 rings (SSSR count). The fourth-order valence-corrected chi connectivity index (χ4v) is 10.6. The van der Waals surface area contributed by atoms with E-state index in [4.69, 9.17) is 4.74 Å². The highest BCUT2D eigenvalue weighted by Gasteiger charge is 2.38. The summed E-state index contributed by atoms with van der Waals surface area (Å²) in [6.45, 7) is 9.44. The van der Waals surface area contributed by atoms with E-state index < -0.39 is 0 Å². The van der Waals surface area contributed by atoms with Crippen molar-refractivity contribution >= 4 is 44.9 Å². The molecule has 9 aromatic carbocycles. The average Bonchev–Trinajstić information content (AvgIpc) is 3.67. The van der Waals surface area contributed by atoms with Crippen LogP contribution in [-0.2, 0) is 10.8 Å². The zero-order valence-electron chi connectivity index (χ0n) is 34.8. The summed E-state index contributed by atoms with van der Waals surface area (Å²) in [5.74, 6) is 1.69. The average molecular weight is 785 g/mol. The van der Waals surface area contributed by atoms with Gasteiger partial charge in [0.05, 0.1) is 5.69 Å². The van der Waals surface area contributed by atoms with Gasteiger partial charge in [0.25, 0.3) is 0 Å². The Labute approximate surface area is 357 Å². The molecule has 0 amide bonds. The maximum atomic E-state index is 7.37. The summed E-state index contributed by atoms with van der Waals surface area (Å²) in [6.07, 6.45) is 0. The molecule has 0 saturated carbocycles. The van der Waals surface area contributed by atoms with Gasteiger partial charge in [0.15, 0.2) is 5.75 Å². The molecule has 1 aliphatic heterocycles. The molecule has 0 saturated heterocycles. The van der Waals surface area contributed by atoms with Gasteiger partial charge in [-0.15, -0.1) is 0 Å². The fraction of sp³-hybridized carbons (Fsp3) is 0.103. The van der Waals surface area contributed by atoms with Gasteiger partial charge in [-0.25, -0.2) is 0 Å². The van der Waals surface area contributed by atoms with E-state index in [9.17, 15) is 0 Å². The van der Waals surface area contributed by atoms with E-state index in [1.807, 2.05) is 0 Å². The molecule has 0 spiro atoms. The minimum absolute atomic E-state index is 0.158. The number of rotatable bonds is 6. The fourth-order valence-electron chi connectivity index (χ4n) is 10.6. The lowest BCUT2D eigenvalue weighted by Crippen LogP contribution is -2.18. The molecule has 0 N–H and O–H groups in total. The monoisotopic (exact) mass is 784 g/mol. The smallest absolute Gasteiger partial charge is 0.159 e. The highest BCUT2D eigenvalue weighted by Crippen LogP contribution is 2.57. The van der Waals surface area contributed by atoms with Crippen LogP contribution in [0.1, 0.15) is 49.9 Å². The van der Waals surface area contributed by atoms with E-state index in [1.54, 1.807) is 0 Å². The normalized spacial score (nSPS) is 14.3. The van der Waals surface area contributed by atoms with Crippen molar-refractivity contribution in [3.8, 4) is 44.9 Å². The van der Waals surface area contributed by atoms with Crippen molar-refractivity contribution in [1.82, 2.24) is 0 Å². The second-order valence-corrected chi connectivity index (χ2v) is 17.7. The van der Waals surface area contributed by atoms with E-state index in [1.165, 1.54) is 50.1 Å². The molecule has 0 atom stereocenters. The van der Waals surface area contributed by atoms with Gasteiger partial charge < -0.3 is 14.5 Å². The van der Waals surface area contributed by atoms with Crippen LogP contribution in [0, 0.1) is 0 Å². The summed E-state index contributed by atoms with van der Waals surface area (Å²) >= 11 is 0. The third-order valence-electron chi connectivity index (χ3n) is 13.6. The van der Waals surface area contributed by atoms with Crippen LogP contribution in [0.3, 0.4) is 0 Å². The van der Waals surface area contributed by atoms with E-state index in [0.29, 0.717) is 0 Å². The van der Waals surface area contributed by atoms with Crippen LogP contribution in [0.25, 0.3) is 44.2 Å².